The smallest absolute Gasteiger partial charge is 0.0660 e. The number of halogens is 1. The van der Waals surface area contributed by atoms with E-state index in [4.69, 9.17) is 5.73 Å². The first kappa shape index (κ1) is 11.1. The molecule has 0 unspecified atom stereocenters. The molecule has 0 aliphatic rings. The predicted molar refractivity (Wildman–Crippen MR) is 75.2 cm³/mol. The second kappa shape index (κ2) is 5.09. The van der Waals surface area contributed by atoms with Crippen LogP contribution in [0.3, 0.4) is 0 Å². The van der Waals surface area contributed by atoms with Crippen molar-refractivity contribution >= 4 is 33.9 Å². The van der Waals surface area contributed by atoms with Gasteiger partial charge in [-0.3, -0.25) is 0 Å². The topological polar surface area (TPSA) is 26.0 Å². The van der Waals surface area contributed by atoms with Crippen molar-refractivity contribution in [2.45, 2.75) is 6.42 Å². The minimum Gasteiger partial charge on any atom is -0.330 e. The molecule has 1 aromatic heterocycles. The molecule has 0 amide bonds. The average Bonchev–Trinajstić information content (AvgIpc) is 2.66. The normalized spacial score (nSPS) is 10.5. The van der Waals surface area contributed by atoms with Gasteiger partial charge in [-0.25, -0.2) is 0 Å². The first-order valence-electron chi connectivity index (χ1n) is 4.85. The summed E-state index contributed by atoms with van der Waals surface area (Å²) in [6.07, 6.45) is 0.949. The Labute approximate surface area is 107 Å². The van der Waals surface area contributed by atoms with E-state index in [2.05, 4.69) is 59.0 Å². The van der Waals surface area contributed by atoms with E-state index in [0.29, 0.717) is 6.54 Å². The SMILES string of the molecule is NCCc1ccccc1-c1ccc(I)s1. The Hall–Kier alpha value is -0.390. The van der Waals surface area contributed by atoms with Crippen LogP contribution in [0.4, 0.5) is 0 Å². The van der Waals surface area contributed by atoms with Crippen LogP contribution in [0.1, 0.15) is 5.56 Å². The van der Waals surface area contributed by atoms with Gasteiger partial charge in [0.2, 0.25) is 0 Å². The molecular formula is C12H12INS. The van der Waals surface area contributed by atoms with Gasteiger partial charge in [0.05, 0.1) is 2.88 Å². The highest BCUT2D eigenvalue weighted by Gasteiger charge is 2.05. The Balaban J connectivity index is 2.42. The fourth-order valence-corrected chi connectivity index (χ4v) is 3.28. The van der Waals surface area contributed by atoms with E-state index in [-0.39, 0.29) is 0 Å². The molecule has 2 rings (SSSR count). The molecule has 0 radical (unpaired) electrons. The van der Waals surface area contributed by atoms with Gasteiger partial charge in [0, 0.05) is 4.88 Å². The second-order valence-electron chi connectivity index (χ2n) is 3.30. The van der Waals surface area contributed by atoms with Crippen molar-refractivity contribution in [2.75, 3.05) is 6.54 Å². The highest BCUT2D eigenvalue weighted by Crippen LogP contribution is 2.31. The molecule has 1 heterocycles. The lowest BCUT2D eigenvalue weighted by molar-refractivity contribution is 0.971. The lowest BCUT2D eigenvalue weighted by atomic mass is 10.0. The Morgan fingerprint density at radius 3 is 2.60 bits per heavy atom. The molecule has 0 aliphatic carbocycles. The van der Waals surface area contributed by atoms with Crippen molar-refractivity contribution < 1.29 is 0 Å². The molecule has 0 saturated heterocycles. The van der Waals surface area contributed by atoms with Crippen molar-refractivity contribution in [1.82, 2.24) is 0 Å². The summed E-state index contributed by atoms with van der Waals surface area (Å²) in [5.41, 5.74) is 8.29. The zero-order chi connectivity index (χ0) is 10.7. The van der Waals surface area contributed by atoms with Gasteiger partial charge in [-0.2, -0.15) is 0 Å². The Morgan fingerprint density at radius 1 is 1.13 bits per heavy atom. The van der Waals surface area contributed by atoms with Gasteiger partial charge in [-0.15, -0.1) is 11.3 Å². The minimum atomic E-state index is 0.708. The van der Waals surface area contributed by atoms with E-state index in [1.165, 1.54) is 18.9 Å². The largest absolute Gasteiger partial charge is 0.330 e. The van der Waals surface area contributed by atoms with Gasteiger partial charge in [0.15, 0.2) is 0 Å². The van der Waals surface area contributed by atoms with Crippen LogP contribution in [0.15, 0.2) is 36.4 Å². The van der Waals surface area contributed by atoms with Crippen molar-refractivity contribution in [3.8, 4) is 10.4 Å². The molecule has 0 saturated carbocycles. The van der Waals surface area contributed by atoms with Crippen molar-refractivity contribution in [1.29, 1.82) is 0 Å². The fourth-order valence-electron chi connectivity index (χ4n) is 1.59. The lowest BCUT2D eigenvalue weighted by Gasteiger charge is -2.05. The number of rotatable bonds is 3. The van der Waals surface area contributed by atoms with Crippen LogP contribution in [-0.2, 0) is 6.42 Å². The zero-order valence-electron chi connectivity index (χ0n) is 8.24. The van der Waals surface area contributed by atoms with E-state index in [1.807, 2.05) is 11.3 Å². The minimum absolute atomic E-state index is 0.708. The third-order valence-corrected chi connectivity index (χ3v) is 4.20. The summed E-state index contributed by atoms with van der Waals surface area (Å²) in [7, 11) is 0. The van der Waals surface area contributed by atoms with E-state index < -0.39 is 0 Å². The molecule has 78 valence electrons. The molecule has 1 aromatic carbocycles. The van der Waals surface area contributed by atoms with Crippen LogP contribution < -0.4 is 5.73 Å². The number of thiophene rings is 1. The predicted octanol–water partition coefficient (Wildman–Crippen LogP) is 3.52. The number of benzene rings is 1. The van der Waals surface area contributed by atoms with Crippen LogP contribution in [0, 0.1) is 2.88 Å². The maximum atomic E-state index is 5.61. The number of hydrogen-bond acceptors (Lipinski definition) is 2. The van der Waals surface area contributed by atoms with Gasteiger partial charge in [0.1, 0.15) is 0 Å². The molecule has 0 aliphatic heterocycles. The van der Waals surface area contributed by atoms with Crippen LogP contribution in [0.25, 0.3) is 10.4 Å². The Kier molecular flexibility index (Phi) is 3.77. The molecule has 2 aromatic rings. The fraction of sp³-hybridized carbons (Fsp3) is 0.167. The molecule has 2 N–H and O–H groups in total. The Bertz CT molecular complexity index is 450. The van der Waals surface area contributed by atoms with Crippen LogP contribution in [-0.4, -0.2) is 6.54 Å². The van der Waals surface area contributed by atoms with Crippen LogP contribution >= 0.6 is 33.9 Å². The third kappa shape index (κ3) is 2.59. The van der Waals surface area contributed by atoms with Crippen molar-refractivity contribution in [3.05, 3.63) is 44.8 Å². The van der Waals surface area contributed by atoms with Gasteiger partial charge in [-0.05, 0) is 58.8 Å². The van der Waals surface area contributed by atoms with Gasteiger partial charge in [-0.1, -0.05) is 24.3 Å². The number of hydrogen-bond donors (Lipinski definition) is 1. The van der Waals surface area contributed by atoms with E-state index >= 15 is 0 Å². The maximum Gasteiger partial charge on any atom is 0.0660 e. The second-order valence-corrected chi connectivity index (χ2v) is 6.28. The van der Waals surface area contributed by atoms with E-state index in [0.717, 1.165) is 6.42 Å². The Morgan fingerprint density at radius 2 is 1.93 bits per heavy atom. The number of nitrogens with two attached hydrogens (primary N) is 1. The molecule has 0 atom stereocenters. The molecule has 0 spiro atoms. The monoisotopic (exact) mass is 329 g/mol. The molecule has 15 heavy (non-hydrogen) atoms. The molecule has 0 fully saturated rings. The quantitative estimate of drug-likeness (QED) is 0.857. The molecular weight excluding hydrogens is 317 g/mol. The maximum absolute atomic E-state index is 5.61. The lowest BCUT2D eigenvalue weighted by Crippen LogP contribution is -2.03. The average molecular weight is 329 g/mol. The summed E-state index contributed by atoms with van der Waals surface area (Å²) >= 11 is 4.18. The van der Waals surface area contributed by atoms with Gasteiger partial charge < -0.3 is 5.73 Å². The van der Waals surface area contributed by atoms with E-state index in [1.54, 1.807) is 0 Å². The van der Waals surface area contributed by atoms with E-state index in [9.17, 15) is 0 Å². The summed E-state index contributed by atoms with van der Waals surface area (Å²) in [4.78, 5) is 1.34. The first-order chi connectivity index (χ1) is 7.31. The molecule has 1 nitrogen and oxygen atoms in total. The van der Waals surface area contributed by atoms with Crippen LogP contribution in [0.5, 0.6) is 0 Å². The first-order valence-corrected chi connectivity index (χ1v) is 6.74. The highest BCUT2D eigenvalue weighted by molar-refractivity contribution is 14.1. The molecule has 3 heteroatoms. The summed E-state index contributed by atoms with van der Waals surface area (Å²) in [6, 6.07) is 12.8. The zero-order valence-corrected chi connectivity index (χ0v) is 11.2. The summed E-state index contributed by atoms with van der Waals surface area (Å²) < 4.78 is 1.32. The van der Waals surface area contributed by atoms with Crippen molar-refractivity contribution in [3.63, 3.8) is 0 Å². The van der Waals surface area contributed by atoms with Gasteiger partial charge >= 0.3 is 0 Å². The summed E-state index contributed by atoms with van der Waals surface area (Å²) in [6.45, 7) is 0.708. The summed E-state index contributed by atoms with van der Waals surface area (Å²) in [5, 5.41) is 0. The summed E-state index contributed by atoms with van der Waals surface area (Å²) in [5.74, 6) is 0. The molecule has 0 bridgehead atoms. The highest BCUT2D eigenvalue weighted by atomic mass is 127. The third-order valence-electron chi connectivity index (χ3n) is 2.27. The standard InChI is InChI=1S/C12H12INS/c13-12-6-5-11(15-12)10-4-2-1-3-9(10)7-8-14/h1-6H,7-8,14H2. The van der Waals surface area contributed by atoms with Gasteiger partial charge in [0.25, 0.3) is 0 Å². The van der Waals surface area contributed by atoms with Crippen molar-refractivity contribution in [2.24, 2.45) is 5.73 Å². The van der Waals surface area contributed by atoms with Crippen LogP contribution in [0.2, 0.25) is 0 Å².